The second kappa shape index (κ2) is 11.9. The summed E-state index contributed by atoms with van der Waals surface area (Å²) in [5, 5.41) is 24.1. The molecule has 30 heavy (non-hydrogen) atoms. The average molecular weight is 466 g/mol. The molecule has 3 aromatic carbocycles. The summed E-state index contributed by atoms with van der Waals surface area (Å²) in [5.74, 6) is 0.521. The van der Waals surface area contributed by atoms with Gasteiger partial charge in [0.2, 0.25) is 0 Å². The summed E-state index contributed by atoms with van der Waals surface area (Å²) in [4.78, 5) is 8.79. The van der Waals surface area contributed by atoms with Crippen LogP contribution in [0.3, 0.4) is 0 Å². The molecule has 3 rings (SSSR count). The maximum absolute atomic E-state index is 12.1. The van der Waals surface area contributed by atoms with Gasteiger partial charge in [-0.1, -0.05) is 47.9 Å². The van der Waals surface area contributed by atoms with Gasteiger partial charge in [0.05, 0.1) is 25.6 Å². The molecule has 0 spiro atoms. The van der Waals surface area contributed by atoms with Gasteiger partial charge in [-0.25, -0.2) is 0 Å². The molecule has 155 valence electrons. The van der Waals surface area contributed by atoms with Crippen molar-refractivity contribution in [3.8, 4) is 23.0 Å². The zero-order chi connectivity index (χ0) is 19.9. The fraction of sp³-hybridized carbons (Fsp3) is 0.0909. The molecule has 0 fully saturated rings. The standard InChI is InChI=1S/C22H20N2O4.ClH.Fe/c1-27-21-11-5-9-19(25)15(21)13-23-17-7-3-4-8-18(17)24-14-16-20(26)10-6-12-22(16)28-2;;/h3-14,25-26H,1-2H3;1H;/q;;+3/p-3. The monoisotopic (exact) mass is 465 g/mol. The van der Waals surface area contributed by atoms with Crippen LogP contribution in [-0.2, 0) is 17.1 Å². The third-order valence-electron chi connectivity index (χ3n) is 4.04. The van der Waals surface area contributed by atoms with Crippen LogP contribution in [0.2, 0.25) is 0 Å². The predicted octanol–water partition coefficient (Wildman–Crippen LogP) is 0.354. The molecule has 0 saturated carbocycles. The van der Waals surface area contributed by atoms with Crippen LogP contribution in [0.1, 0.15) is 11.1 Å². The van der Waals surface area contributed by atoms with Crippen LogP contribution < -0.4 is 32.1 Å². The molecule has 0 bridgehead atoms. The summed E-state index contributed by atoms with van der Waals surface area (Å²) in [6, 6.07) is 16.7. The van der Waals surface area contributed by atoms with E-state index in [1.807, 2.05) is 12.1 Å². The largest absolute Gasteiger partial charge is 3.00 e. The van der Waals surface area contributed by atoms with Crippen molar-refractivity contribution in [3.63, 3.8) is 0 Å². The Morgan fingerprint density at radius 2 is 1.07 bits per heavy atom. The summed E-state index contributed by atoms with van der Waals surface area (Å²) in [7, 11) is 3.00. The SMILES string of the molecule is COc1cccc([O-])c1C=Nc1ccccc1N=Cc1c([O-])cccc1OC.[Cl-].[Fe+3]. The Morgan fingerprint density at radius 3 is 1.43 bits per heavy atom. The first-order valence-corrected chi connectivity index (χ1v) is 8.49. The molecule has 0 aromatic heterocycles. The number of halogens is 1. The Bertz CT molecular complexity index is 959. The van der Waals surface area contributed by atoms with Crippen molar-refractivity contribution in [1.82, 2.24) is 0 Å². The first-order chi connectivity index (χ1) is 13.6. The first-order valence-electron chi connectivity index (χ1n) is 8.49. The molecule has 0 saturated heterocycles. The molecule has 0 amide bonds. The summed E-state index contributed by atoms with van der Waals surface area (Å²) < 4.78 is 10.4. The molecule has 0 atom stereocenters. The van der Waals surface area contributed by atoms with E-state index in [4.69, 9.17) is 9.47 Å². The third kappa shape index (κ3) is 5.76. The van der Waals surface area contributed by atoms with Gasteiger partial charge in [-0.3, -0.25) is 9.98 Å². The fourth-order valence-corrected chi connectivity index (χ4v) is 2.61. The summed E-state index contributed by atoms with van der Waals surface area (Å²) in [5.41, 5.74) is 1.81. The van der Waals surface area contributed by atoms with Gasteiger partial charge in [-0.2, -0.15) is 0 Å². The van der Waals surface area contributed by atoms with Gasteiger partial charge >= 0.3 is 17.1 Å². The van der Waals surface area contributed by atoms with Gasteiger partial charge in [0.1, 0.15) is 11.5 Å². The van der Waals surface area contributed by atoms with Crippen molar-refractivity contribution in [1.29, 1.82) is 0 Å². The Labute approximate surface area is 191 Å². The fourth-order valence-electron chi connectivity index (χ4n) is 2.61. The minimum atomic E-state index is -0.186. The van der Waals surface area contributed by atoms with Crippen molar-refractivity contribution in [2.45, 2.75) is 0 Å². The van der Waals surface area contributed by atoms with Crippen molar-refractivity contribution in [2.24, 2.45) is 9.98 Å². The normalized spacial score (nSPS) is 10.5. The molecular weight excluding hydrogens is 448 g/mol. The molecule has 8 heteroatoms. The van der Waals surface area contributed by atoms with Crippen LogP contribution in [0.4, 0.5) is 11.4 Å². The van der Waals surface area contributed by atoms with E-state index in [-0.39, 0.29) is 41.0 Å². The van der Waals surface area contributed by atoms with Crippen LogP contribution in [0.5, 0.6) is 23.0 Å². The first kappa shape index (κ1) is 25.0. The number of para-hydroxylation sites is 2. The van der Waals surface area contributed by atoms with E-state index >= 15 is 0 Å². The zero-order valence-corrected chi connectivity index (χ0v) is 18.0. The van der Waals surface area contributed by atoms with E-state index in [0.717, 1.165) is 0 Å². The van der Waals surface area contributed by atoms with Gasteiger partial charge < -0.3 is 32.1 Å². The molecular formula is C22H18ClFeN2O4. The molecule has 3 aromatic rings. The molecule has 0 aliphatic rings. The summed E-state index contributed by atoms with van der Waals surface area (Å²) in [6.45, 7) is 0. The maximum atomic E-state index is 12.1. The van der Waals surface area contributed by atoms with E-state index < -0.39 is 0 Å². The van der Waals surface area contributed by atoms with Crippen LogP contribution in [-0.4, -0.2) is 26.6 Å². The Hall–Kier alpha value is -2.99. The number of ether oxygens (including phenoxy) is 2. The van der Waals surface area contributed by atoms with Crippen molar-refractivity contribution in [2.75, 3.05) is 14.2 Å². The molecule has 6 nitrogen and oxygen atoms in total. The third-order valence-corrected chi connectivity index (χ3v) is 4.04. The predicted molar refractivity (Wildman–Crippen MR) is 106 cm³/mol. The van der Waals surface area contributed by atoms with Gasteiger partial charge in [0.25, 0.3) is 0 Å². The van der Waals surface area contributed by atoms with Crippen LogP contribution >= 0.6 is 0 Å². The number of rotatable bonds is 6. The smallest absolute Gasteiger partial charge is 1.00 e. The minimum Gasteiger partial charge on any atom is -1.00 e. The van der Waals surface area contributed by atoms with Gasteiger partial charge in [0.15, 0.2) is 0 Å². The second-order valence-corrected chi connectivity index (χ2v) is 5.75. The van der Waals surface area contributed by atoms with Crippen LogP contribution in [0, 0.1) is 0 Å². The van der Waals surface area contributed by atoms with E-state index in [2.05, 4.69) is 9.98 Å². The quantitative estimate of drug-likeness (QED) is 0.388. The van der Waals surface area contributed by atoms with E-state index in [1.165, 1.54) is 38.8 Å². The molecule has 0 heterocycles. The van der Waals surface area contributed by atoms with E-state index in [9.17, 15) is 10.2 Å². The zero-order valence-electron chi connectivity index (χ0n) is 16.2. The number of nitrogens with zero attached hydrogens (tertiary/aromatic N) is 2. The number of benzene rings is 3. The van der Waals surface area contributed by atoms with E-state index in [0.29, 0.717) is 34.0 Å². The maximum Gasteiger partial charge on any atom is 3.00 e. The Balaban J connectivity index is 0.00000225. The molecule has 0 unspecified atom stereocenters. The van der Waals surface area contributed by atoms with Gasteiger partial charge in [-0.05, 0) is 24.3 Å². The van der Waals surface area contributed by atoms with Gasteiger partial charge in [-0.15, -0.1) is 0 Å². The van der Waals surface area contributed by atoms with Crippen molar-refractivity contribution >= 4 is 23.8 Å². The molecule has 0 N–H and O–H groups in total. The Kier molecular flexibility index (Phi) is 9.92. The minimum absolute atomic E-state index is 0. The number of methoxy groups -OCH3 is 2. The summed E-state index contributed by atoms with van der Waals surface area (Å²) >= 11 is 0. The Morgan fingerprint density at radius 1 is 0.667 bits per heavy atom. The van der Waals surface area contributed by atoms with E-state index in [1.54, 1.807) is 36.4 Å². The van der Waals surface area contributed by atoms with Crippen LogP contribution in [0.25, 0.3) is 0 Å². The summed E-state index contributed by atoms with van der Waals surface area (Å²) in [6.07, 6.45) is 2.91. The molecule has 0 aliphatic heterocycles. The van der Waals surface area contributed by atoms with Crippen molar-refractivity contribution < 1.29 is 49.2 Å². The molecule has 1 radical (unpaired) electrons. The topological polar surface area (TPSA) is 89.3 Å². The number of hydrogen-bond acceptors (Lipinski definition) is 6. The van der Waals surface area contributed by atoms with Crippen LogP contribution in [0.15, 0.2) is 70.6 Å². The number of hydrogen-bond donors (Lipinski definition) is 0. The van der Waals surface area contributed by atoms with Crippen molar-refractivity contribution in [3.05, 3.63) is 71.8 Å². The number of aliphatic imine (C=N–C) groups is 2. The van der Waals surface area contributed by atoms with Gasteiger partial charge in [0, 0.05) is 23.6 Å². The average Bonchev–Trinajstić information content (AvgIpc) is 2.72. The second-order valence-electron chi connectivity index (χ2n) is 5.75. The molecule has 0 aliphatic carbocycles.